The standard InChI is InChI=1S/C19H23NO2S/c1-23(21)18-9-7-15(8-10-18)13-20-14-17-11-12-22-19(17)16-5-3-2-4-6-16/h2-10,17,19-20H,11-14H2,1H3/t17-,19-,23+/m1/s1. The Morgan fingerprint density at radius 2 is 1.87 bits per heavy atom. The van der Waals surface area contributed by atoms with Crippen LogP contribution in [0.5, 0.6) is 0 Å². The summed E-state index contributed by atoms with van der Waals surface area (Å²) in [6.07, 6.45) is 3.01. The Morgan fingerprint density at radius 3 is 2.57 bits per heavy atom. The molecule has 2 aromatic carbocycles. The average Bonchev–Trinajstić information content (AvgIpc) is 3.05. The Bertz CT molecular complexity index is 642. The molecule has 0 aromatic heterocycles. The highest BCUT2D eigenvalue weighted by Gasteiger charge is 2.28. The van der Waals surface area contributed by atoms with Gasteiger partial charge in [0.05, 0.1) is 6.10 Å². The molecule has 23 heavy (non-hydrogen) atoms. The summed E-state index contributed by atoms with van der Waals surface area (Å²) in [6.45, 7) is 2.61. The number of rotatable bonds is 6. The van der Waals surface area contributed by atoms with E-state index in [0.29, 0.717) is 5.92 Å². The molecule has 0 radical (unpaired) electrons. The predicted molar refractivity (Wildman–Crippen MR) is 93.7 cm³/mol. The van der Waals surface area contributed by atoms with Crippen molar-refractivity contribution >= 4 is 10.8 Å². The topological polar surface area (TPSA) is 38.3 Å². The number of hydrogen-bond acceptors (Lipinski definition) is 3. The molecule has 3 atom stereocenters. The molecule has 1 N–H and O–H groups in total. The van der Waals surface area contributed by atoms with Gasteiger partial charge in [0.2, 0.25) is 0 Å². The average molecular weight is 329 g/mol. The van der Waals surface area contributed by atoms with Gasteiger partial charge in [-0.1, -0.05) is 42.5 Å². The molecule has 1 aliphatic heterocycles. The van der Waals surface area contributed by atoms with Crippen molar-refractivity contribution in [2.45, 2.75) is 24.0 Å². The molecular weight excluding hydrogens is 306 g/mol. The summed E-state index contributed by atoms with van der Waals surface area (Å²) in [5, 5.41) is 3.54. The predicted octanol–water partition coefficient (Wildman–Crippen LogP) is 3.29. The van der Waals surface area contributed by atoms with Crippen LogP contribution in [0.4, 0.5) is 0 Å². The van der Waals surface area contributed by atoms with Crippen molar-refractivity contribution in [3.05, 3.63) is 65.7 Å². The van der Waals surface area contributed by atoms with E-state index in [1.165, 1.54) is 11.1 Å². The van der Waals surface area contributed by atoms with Crippen molar-refractivity contribution in [2.24, 2.45) is 5.92 Å². The molecule has 0 spiro atoms. The zero-order valence-corrected chi connectivity index (χ0v) is 14.2. The maximum Gasteiger partial charge on any atom is 0.0866 e. The maximum absolute atomic E-state index is 11.4. The van der Waals surface area contributed by atoms with Crippen molar-refractivity contribution in [3.63, 3.8) is 0 Å². The molecule has 4 heteroatoms. The lowest BCUT2D eigenvalue weighted by atomic mass is 9.95. The first kappa shape index (κ1) is 16.4. The zero-order valence-electron chi connectivity index (χ0n) is 13.4. The van der Waals surface area contributed by atoms with Gasteiger partial charge in [0.15, 0.2) is 0 Å². The smallest absolute Gasteiger partial charge is 0.0866 e. The molecule has 1 aliphatic rings. The van der Waals surface area contributed by atoms with E-state index in [0.717, 1.165) is 31.0 Å². The van der Waals surface area contributed by atoms with Gasteiger partial charge in [0, 0.05) is 47.6 Å². The molecule has 0 aliphatic carbocycles. The summed E-state index contributed by atoms with van der Waals surface area (Å²) in [6, 6.07) is 18.4. The van der Waals surface area contributed by atoms with Gasteiger partial charge in [-0.05, 0) is 29.7 Å². The van der Waals surface area contributed by atoms with E-state index in [4.69, 9.17) is 4.74 Å². The third-order valence-electron chi connectivity index (χ3n) is 4.33. The second-order valence-corrected chi connectivity index (χ2v) is 7.36. The van der Waals surface area contributed by atoms with Crippen molar-refractivity contribution in [2.75, 3.05) is 19.4 Å². The second kappa shape index (κ2) is 7.86. The fourth-order valence-electron chi connectivity index (χ4n) is 3.05. The van der Waals surface area contributed by atoms with Gasteiger partial charge in [0.1, 0.15) is 0 Å². The van der Waals surface area contributed by atoms with E-state index >= 15 is 0 Å². The first-order valence-electron chi connectivity index (χ1n) is 8.03. The Kier molecular flexibility index (Phi) is 5.60. The largest absolute Gasteiger partial charge is 0.373 e. The number of hydrogen-bond donors (Lipinski definition) is 1. The molecule has 1 heterocycles. The minimum Gasteiger partial charge on any atom is -0.373 e. The van der Waals surface area contributed by atoms with Crippen molar-refractivity contribution < 1.29 is 8.95 Å². The summed E-state index contributed by atoms with van der Waals surface area (Å²) < 4.78 is 17.3. The van der Waals surface area contributed by atoms with Crippen LogP contribution < -0.4 is 5.32 Å². The van der Waals surface area contributed by atoms with E-state index in [1.807, 2.05) is 30.3 Å². The first-order chi connectivity index (χ1) is 11.2. The van der Waals surface area contributed by atoms with Crippen LogP contribution in [-0.2, 0) is 22.1 Å². The molecular formula is C19H23NO2S. The lowest BCUT2D eigenvalue weighted by molar-refractivity contribution is 0.0904. The van der Waals surface area contributed by atoms with Crippen LogP contribution in [0.3, 0.4) is 0 Å². The molecule has 0 saturated carbocycles. The zero-order chi connectivity index (χ0) is 16.1. The third-order valence-corrected chi connectivity index (χ3v) is 5.27. The highest BCUT2D eigenvalue weighted by molar-refractivity contribution is 7.84. The van der Waals surface area contributed by atoms with Gasteiger partial charge < -0.3 is 10.1 Å². The molecule has 3 rings (SSSR count). The van der Waals surface area contributed by atoms with Crippen LogP contribution >= 0.6 is 0 Å². The molecule has 1 fully saturated rings. The number of nitrogens with one attached hydrogen (secondary N) is 1. The third kappa shape index (κ3) is 4.28. The molecule has 3 nitrogen and oxygen atoms in total. The minimum absolute atomic E-state index is 0.202. The van der Waals surface area contributed by atoms with E-state index < -0.39 is 10.8 Å². The highest BCUT2D eigenvalue weighted by Crippen LogP contribution is 2.33. The van der Waals surface area contributed by atoms with Crippen LogP contribution in [0, 0.1) is 5.92 Å². The summed E-state index contributed by atoms with van der Waals surface area (Å²) in [5.41, 5.74) is 2.49. The monoisotopic (exact) mass is 329 g/mol. The first-order valence-corrected chi connectivity index (χ1v) is 9.59. The summed E-state index contributed by atoms with van der Waals surface area (Å²) >= 11 is 0. The van der Waals surface area contributed by atoms with Gasteiger partial charge in [-0.25, -0.2) is 0 Å². The summed E-state index contributed by atoms with van der Waals surface area (Å²) in [7, 11) is -0.908. The van der Waals surface area contributed by atoms with Crippen LogP contribution in [0.1, 0.15) is 23.7 Å². The highest BCUT2D eigenvalue weighted by atomic mass is 32.2. The van der Waals surface area contributed by atoms with Gasteiger partial charge in [-0.15, -0.1) is 0 Å². The van der Waals surface area contributed by atoms with E-state index in [9.17, 15) is 4.21 Å². The lowest BCUT2D eigenvalue weighted by Gasteiger charge is -2.19. The Morgan fingerprint density at radius 1 is 1.13 bits per heavy atom. The molecule has 0 amide bonds. The van der Waals surface area contributed by atoms with Gasteiger partial charge in [-0.2, -0.15) is 0 Å². The van der Waals surface area contributed by atoms with Gasteiger partial charge in [0.25, 0.3) is 0 Å². The van der Waals surface area contributed by atoms with Crippen LogP contribution in [0.15, 0.2) is 59.5 Å². The fourth-order valence-corrected chi connectivity index (χ4v) is 3.57. The Balaban J connectivity index is 1.52. The maximum atomic E-state index is 11.4. The molecule has 1 saturated heterocycles. The summed E-state index contributed by atoms with van der Waals surface area (Å²) in [4.78, 5) is 0.877. The number of benzene rings is 2. The van der Waals surface area contributed by atoms with Crippen LogP contribution in [-0.4, -0.2) is 23.6 Å². The normalized spacial score (nSPS) is 22.1. The van der Waals surface area contributed by atoms with Crippen molar-refractivity contribution in [1.82, 2.24) is 5.32 Å². The lowest BCUT2D eigenvalue weighted by Crippen LogP contribution is -2.24. The minimum atomic E-state index is -0.908. The fraction of sp³-hybridized carbons (Fsp3) is 0.368. The van der Waals surface area contributed by atoms with E-state index in [2.05, 4.69) is 29.6 Å². The van der Waals surface area contributed by atoms with Crippen molar-refractivity contribution in [3.8, 4) is 0 Å². The SMILES string of the molecule is C[S@](=O)c1ccc(CNC[C@H]2CCO[C@@H]2c2ccccc2)cc1. The quantitative estimate of drug-likeness (QED) is 0.884. The van der Waals surface area contributed by atoms with Gasteiger partial charge >= 0.3 is 0 Å². The Hall–Kier alpha value is -1.49. The molecule has 0 unspecified atom stereocenters. The van der Waals surface area contributed by atoms with Crippen molar-refractivity contribution in [1.29, 1.82) is 0 Å². The molecule has 2 aromatic rings. The summed E-state index contributed by atoms with van der Waals surface area (Å²) in [5.74, 6) is 0.514. The van der Waals surface area contributed by atoms with Gasteiger partial charge in [-0.3, -0.25) is 4.21 Å². The molecule has 122 valence electrons. The molecule has 0 bridgehead atoms. The second-order valence-electron chi connectivity index (χ2n) is 5.98. The Labute approximate surface area is 140 Å². The van der Waals surface area contributed by atoms with E-state index in [-0.39, 0.29) is 6.10 Å². The number of ether oxygens (including phenoxy) is 1. The van der Waals surface area contributed by atoms with E-state index in [1.54, 1.807) is 6.26 Å². The van der Waals surface area contributed by atoms with Crippen LogP contribution in [0.25, 0.3) is 0 Å². The van der Waals surface area contributed by atoms with Crippen LogP contribution in [0.2, 0.25) is 0 Å².